The van der Waals surface area contributed by atoms with Gasteiger partial charge in [0.15, 0.2) is 29.2 Å². The summed E-state index contributed by atoms with van der Waals surface area (Å²) in [6.45, 7) is 7.43. The Bertz CT molecular complexity index is 956. The fourth-order valence-corrected chi connectivity index (χ4v) is 5.11. The van der Waals surface area contributed by atoms with Crippen LogP contribution < -0.4 is 9.47 Å². The van der Waals surface area contributed by atoms with Gasteiger partial charge in [-0.1, -0.05) is 19.9 Å². The van der Waals surface area contributed by atoms with E-state index in [0.717, 1.165) is 11.8 Å². The number of carbonyl (C=O) groups excluding carboxylic acids is 3. The predicted octanol–water partition coefficient (Wildman–Crippen LogP) is 2.76. The van der Waals surface area contributed by atoms with Crippen molar-refractivity contribution in [3.05, 3.63) is 34.9 Å². The van der Waals surface area contributed by atoms with Crippen molar-refractivity contribution in [3.8, 4) is 11.5 Å². The van der Waals surface area contributed by atoms with E-state index < -0.39 is 22.5 Å². The van der Waals surface area contributed by atoms with Gasteiger partial charge in [0.1, 0.15) is 17.3 Å². The van der Waals surface area contributed by atoms with Gasteiger partial charge in [-0.2, -0.15) is 0 Å². The molecule has 2 aliphatic carbocycles. The normalized spacial score (nSPS) is 31.8. The molecular weight excluding hydrogens is 360 g/mol. The van der Waals surface area contributed by atoms with Crippen molar-refractivity contribution in [3.63, 3.8) is 0 Å². The minimum absolute atomic E-state index is 0.0702. The van der Waals surface area contributed by atoms with Gasteiger partial charge in [0.25, 0.3) is 0 Å². The number of carbonyl (C=O) groups is 3. The molecule has 6 heteroatoms. The van der Waals surface area contributed by atoms with Crippen molar-refractivity contribution in [1.29, 1.82) is 0 Å². The minimum atomic E-state index is -1.31. The third-order valence-corrected chi connectivity index (χ3v) is 6.67. The van der Waals surface area contributed by atoms with Crippen LogP contribution in [-0.4, -0.2) is 43.8 Å². The van der Waals surface area contributed by atoms with Crippen LogP contribution in [0.1, 0.15) is 55.1 Å². The Morgan fingerprint density at radius 1 is 1.14 bits per heavy atom. The zero-order valence-corrected chi connectivity index (χ0v) is 16.9. The number of rotatable bonds is 4. The second kappa shape index (κ2) is 5.54. The lowest BCUT2D eigenvalue weighted by atomic mass is 9.51. The maximum atomic E-state index is 13.3. The van der Waals surface area contributed by atoms with E-state index in [0.29, 0.717) is 22.6 Å². The SMILES string of the molecule is COc1c(C(C)C)cc2c(c1OC)[C@@]1(C=O)C=CC(=O)C(C)(C)[C@@]13O[C@H]3C2=O. The van der Waals surface area contributed by atoms with E-state index in [9.17, 15) is 14.4 Å². The van der Waals surface area contributed by atoms with Crippen molar-refractivity contribution in [1.82, 2.24) is 0 Å². The number of methoxy groups -OCH3 is 2. The number of epoxide rings is 1. The summed E-state index contributed by atoms with van der Waals surface area (Å²) in [5.41, 5.74) is -1.99. The van der Waals surface area contributed by atoms with Crippen LogP contribution in [0, 0.1) is 5.41 Å². The van der Waals surface area contributed by atoms with Crippen molar-refractivity contribution in [2.75, 3.05) is 14.2 Å². The molecule has 1 spiro atoms. The molecule has 28 heavy (non-hydrogen) atoms. The molecule has 3 atom stereocenters. The first-order chi connectivity index (χ1) is 13.1. The Morgan fingerprint density at radius 2 is 1.79 bits per heavy atom. The molecule has 1 aromatic rings. The smallest absolute Gasteiger partial charge is 0.195 e. The third-order valence-electron chi connectivity index (χ3n) is 6.67. The molecule has 0 N–H and O–H groups in total. The highest BCUT2D eigenvalue weighted by Gasteiger charge is 2.83. The Kier molecular flexibility index (Phi) is 3.73. The van der Waals surface area contributed by atoms with E-state index in [1.54, 1.807) is 26.0 Å². The average molecular weight is 384 g/mol. The molecule has 1 fully saturated rings. The first kappa shape index (κ1) is 18.9. The Labute approximate surface area is 163 Å². The molecule has 3 aliphatic rings. The van der Waals surface area contributed by atoms with Gasteiger partial charge in [-0.15, -0.1) is 0 Å². The van der Waals surface area contributed by atoms with Crippen LogP contribution in [-0.2, 0) is 19.7 Å². The molecule has 6 nitrogen and oxygen atoms in total. The summed E-state index contributed by atoms with van der Waals surface area (Å²) >= 11 is 0. The quantitative estimate of drug-likeness (QED) is 0.586. The second-order valence-corrected chi connectivity index (χ2v) is 8.52. The fraction of sp³-hybridized carbons (Fsp3) is 0.500. The highest BCUT2D eigenvalue weighted by atomic mass is 16.6. The van der Waals surface area contributed by atoms with Gasteiger partial charge < -0.3 is 19.0 Å². The summed E-state index contributed by atoms with van der Waals surface area (Å²) in [6.07, 6.45) is 2.92. The van der Waals surface area contributed by atoms with Crippen LogP contribution in [0.2, 0.25) is 0 Å². The van der Waals surface area contributed by atoms with E-state index in [1.165, 1.54) is 20.3 Å². The van der Waals surface area contributed by atoms with E-state index >= 15 is 0 Å². The van der Waals surface area contributed by atoms with Gasteiger partial charge in [-0.3, -0.25) is 9.59 Å². The number of ketones is 2. The number of hydrogen-bond acceptors (Lipinski definition) is 6. The van der Waals surface area contributed by atoms with Gasteiger partial charge in [-0.05, 0) is 31.9 Å². The number of Topliss-reactive ketones (excluding diaryl/α,β-unsaturated/α-hetero) is 1. The summed E-state index contributed by atoms with van der Waals surface area (Å²) in [4.78, 5) is 38.6. The van der Waals surface area contributed by atoms with E-state index in [4.69, 9.17) is 14.2 Å². The zero-order chi connectivity index (χ0) is 20.6. The van der Waals surface area contributed by atoms with E-state index in [-0.39, 0.29) is 17.5 Å². The van der Waals surface area contributed by atoms with Crippen molar-refractivity contribution in [2.45, 2.75) is 50.7 Å². The molecule has 0 unspecified atom stereocenters. The molecule has 0 radical (unpaired) electrons. The van der Waals surface area contributed by atoms with Gasteiger partial charge in [0.2, 0.25) is 0 Å². The number of aldehydes is 1. The van der Waals surface area contributed by atoms with Crippen LogP contribution in [0.3, 0.4) is 0 Å². The van der Waals surface area contributed by atoms with Gasteiger partial charge in [0.05, 0.1) is 19.6 Å². The van der Waals surface area contributed by atoms with Crippen molar-refractivity contribution >= 4 is 17.9 Å². The summed E-state index contributed by atoms with van der Waals surface area (Å²) in [6, 6.07) is 1.78. The van der Waals surface area contributed by atoms with Gasteiger partial charge >= 0.3 is 0 Å². The molecular formula is C22H24O6. The van der Waals surface area contributed by atoms with Gasteiger partial charge in [-0.25, -0.2) is 0 Å². The molecule has 0 amide bonds. The maximum absolute atomic E-state index is 13.3. The molecule has 1 aliphatic heterocycles. The molecule has 4 rings (SSSR count). The van der Waals surface area contributed by atoms with E-state index in [1.807, 2.05) is 13.8 Å². The lowest BCUT2D eigenvalue weighted by molar-refractivity contribution is -0.130. The summed E-state index contributed by atoms with van der Waals surface area (Å²) < 4.78 is 17.3. The second-order valence-electron chi connectivity index (χ2n) is 8.52. The number of fused-ring (bicyclic) bond motifs is 2. The van der Waals surface area contributed by atoms with Crippen molar-refractivity contribution in [2.24, 2.45) is 5.41 Å². The molecule has 1 saturated heterocycles. The molecule has 0 saturated carbocycles. The summed E-state index contributed by atoms with van der Waals surface area (Å²) in [5, 5.41) is 0. The topological polar surface area (TPSA) is 82.2 Å². The van der Waals surface area contributed by atoms with Crippen LogP contribution >= 0.6 is 0 Å². The average Bonchev–Trinajstić information content (AvgIpc) is 3.43. The van der Waals surface area contributed by atoms with E-state index in [2.05, 4.69) is 0 Å². The standard InChI is InChI=1S/C22H24O6/c1-11(2)12-9-13-15(18(27-6)17(12)26-5)21(10-23)8-7-14(24)20(3,4)22(21)19(28-22)16(13)25/h7-11,19H,1-6H3/t19-,21-,22+/m0/s1. The number of benzene rings is 1. The predicted molar refractivity (Wildman–Crippen MR) is 101 cm³/mol. The number of hydrogen-bond donors (Lipinski definition) is 0. The first-order valence-electron chi connectivity index (χ1n) is 9.36. The maximum Gasteiger partial charge on any atom is 0.195 e. The van der Waals surface area contributed by atoms with Crippen LogP contribution in [0.4, 0.5) is 0 Å². The van der Waals surface area contributed by atoms with Crippen LogP contribution in [0.25, 0.3) is 0 Å². The lowest BCUT2D eigenvalue weighted by Gasteiger charge is -2.47. The lowest BCUT2D eigenvalue weighted by Crippen LogP contribution is -2.61. The molecule has 0 aromatic heterocycles. The van der Waals surface area contributed by atoms with Crippen molar-refractivity contribution < 1.29 is 28.6 Å². The Morgan fingerprint density at radius 3 is 2.32 bits per heavy atom. The largest absolute Gasteiger partial charge is 0.493 e. The molecule has 0 bridgehead atoms. The van der Waals surface area contributed by atoms with Crippen LogP contribution in [0.15, 0.2) is 18.2 Å². The monoisotopic (exact) mass is 384 g/mol. The molecule has 1 aromatic carbocycles. The molecule has 148 valence electrons. The first-order valence-corrected chi connectivity index (χ1v) is 9.36. The number of allylic oxidation sites excluding steroid dienone is 1. The minimum Gasteiger partial charge on any atom is -0.493 e. The fourth-order valence-electron chi connectivity index (χ4n) is 5.11. The Balaban J connectivity index is 2.17. The highest BCUT2D eigenvalue weighted by Crippen LogP contribution is 2.68. The molecule has 1 heterocycles. The number of ether oxygens (including phenoxy) is 3. The summed E-state index contributed by atoms with van der Waals surface area (Å²) in [5.74, 6) is 0.496. The zero-order valence-electron chi connectivity index (χ0n) is 16.9. The van der Waals surface area contributed by atoms with Gasteiger partial charge in [0, 0.05) is 16.7 Å². The Hall–Kier alpha value is -2.47. The third kappa shape index (κ3) is 1.80. The summed E-state index contributed by atoms with van der Waals surface area (Å²) in [7, 11) is 3.02. The van der Waals surface area contributed by atoms with Crippen LogP contribution in [0.5, 0.6) is 11.5 Å². The highest BCUT2D eigenvalue weighted by molar-refractivity contribution is 6.13.